The topological polar surface area (TPSA) is 71.3 Å². The van der Waals surface area contributed by atoms with Crippen LogP contribution in [0.15, 0.2) is 91.1 Å². The first-order valence-corrected chi connectivity index (χ1v) is 12.5. The van der Waals surface area contributed by atoms with Crippen LogP contribution >= 0.6 is 11.6 Å². The van der Waals surface area contributed by atoms with Crippen molar-refractivity contribution < 1.29 is 4.79 Å². The largest absolute Gasteiger partial charge is 0.366 e. The lowest BCUT2D eigenvalue weighted by atomic mass is 10.0. The highest BCUT2D eigenvalue weighted by atomic mass is 35.5. The summed E-state index contributed by atoms with van der Waals surface area (Å²) < 4.78 is 1.68. The fourth-order valence-electron chi connectivity index (χ4n) is 4.65. The molecule has 6 rings (SSSR count). The van der Waals surface area contributed by atoms with Gasteiger partial charge in [0, 0.05) is 41.0 Å². The van der Waals surface area contributed by atoms with Gasteiger partial charge in [0.05, 0.1) is 5.69 Å². The van der Waals surface area contributed by atoms with E-state index in [9.17, 15) is 4.79 Å². The highest BCUT2D eigenvalue weighted by Gasteiger charge is 2.43. The Balaban J connectivity index is 1.18. The summed E-state index contributed by atoms with van der Waals surface area (Å²) in [6.45, 7) is 0.515. The van der Waals surface area contributed by atoms with E-state index in [1.165, 1.54) is 5.56 Å². The van der Waals surface area contributed by atoms with E-state index in [4.69, 9.17) is 19.4 Å². The molecule has 6 nitrogen and oxygen atoms in total. The first-order valence-electron chi connectivity index (χ1n) is 12.1. The summed E-state index contributed by atoms with van der Waals surface area (Å²) in [5.74, 6) is 1.11. The summed E-state index contributed by atoms with van der Waals surface area (Å²) in [6, 6.07) is 27.5. The van der Waals surface area contributed by atoms with Crippen LogP contribution in [0.25, 0.3) is 16.9 Å². The summed E-state index contributed by atoms with van der Waals surface area (Å²) in [6.07, 6.45) is 2.47. The summed E-state index contributed by atoms with van der Waals surface area (Å²) in [7, 11) is 6.13. The first-order chi connectivity index (χ1) is 18.1. The minimum absolute atomic E-state index is 0.0165. The Morgan fingerprint density at radius 3 is 2.68 bits per heavy atom. The van der Waals surface area contributed by atoms with Crippen LogP contribution < -0.4 is 16.1 Å². The third-order valence-electron chi connectivity index (χ3n) is 6.67. The minimum atomic E-state index is 0.0165. The zero-order chi connectivity index (χ0) is 25.4. The number of fused-ring (bicyclic) bond motifs is 1. The van der Waals surface area contributed by atoms with Gasteiger partial charge in [-0.1, -0.05) is 72.3 Å². The van der Waals surface area contributed by atoms with Gasteiger partial charge in [0.15, 0.2) is 5.65 Å². The zero-order valence-corrected chi connectivity index (χ0v) is 20.7. The van der Waals surface area contributed by atoms with Crippen molar-refractivity contribution in [3.63, 3.8) is 0 Å². The second-order valence-electron chi connectivity index (χ2n) is 9.24. The first kappa shape index (κ1) is 23.3. The molecule has 2 aromatic heterocycles. The predicted octanol–water partition coefficient (Wildman–Crippen LogP) is 5.20. The molecule has 0 saturated heterocycles. The number of rotatable bonds is 7. The van der Waals surface area contributed by atoms with Crippen LogP contribution in [0, 0.1) is 5.92 Å². The van der Waals surface area contributed by atoms with Crippen LogP contribution in [0.4, 0.5) is 11.5 Å². The summed E-state index contributed by atoms with van der Waals surface area (Å²) in [5, 5.41) is 11.5. The molecular weight excluding hydrogens is 481 g/mol. The Morgan fingerprint density at radius 2 is 1.84 bits per heavy atom. The molecule has 1 saturated carbocycles. The number of hydrogen-bond donors (Lipinski definition) is 2. The number of carbonyl (C=O) groups excluding carboxylic acids is 1. The average molecular weight is 504 g/mol. The number of amides is 1. The highest BCUT2D eigenvalue weighted by Crippen LogP contribution is 2.47. The molecule has 1 aliphatic carbocycles. The van der Waals surface area contributed by atoms with Crippen LogP contribution in [0.5, 0.6) is 0 Å². The molecule has 0 spiro atoms. The second kappa shape index (κ2) is 9.75. The van der Waals surface area contributed by atoms with E-state index in [1.807, 2.05) is 72.8 Å². The highest BCUT2D eigenvalue weighted by molar-refractivity contribution is 6.36. The molecule has 3 aromatic carbocycles. The van der Waals surface area contributed by atoms with Crippen LogP contribution in [0.3, 0.4) is 0 Å². The molecule has 37 heavy (non-hydrogen) atoms. The monoisotopic (exact) mass is 503 g/mol. The fraction of sp³-hybridized carbons (Fsp3) is 0.138. The number of halogens is 1. The molecule has 0 aliphatic heterocycles. The molecule has 180 valence electrons. The number of hydrogen-bond acceptors (Lipinski definition) is 4. The van der Waals surface area contributed by atoms with Gasteiger partial charge in [0.2, 0.25) is 5.91 Å². The van der Waals surface area contributed by atoms with E-state index < -0.39 is 0 Å². The quantitative estimate of drug-likeness (QED) is 0.300. The molecule has 5 aromatic rings. The van der Waals surface area contributed by atoms with Crippen molar-refractivity contribution in [1.29, 1.82) is 0 Å². The van der Waals surface area contributed by atoms with Gasteiger partial charge in [-0.05, 0) is 47.1 Å². The lowest BCUT2D eigenvalue weighted by molar-refractivity contribution is -0.117. The molecule has 2 radical (unpaired) electrons. The molecule has 1 fully saturated rings. The number of benzene rings is 3. The number of nitrogens with zero attached hydrogens (tertiary/aromatic N) is 3. The van der Waals surface area contributed by atoms with Gasteiger partial charge in [-0.15, -0.1) is 0 Å². The van der Waals surface area contributed by atoms with E-state index >= 15 is 0 Å². The molecule has 1 aliphatic rings. The van der Waals surface area contributed by atoms with E-state index in [0.717, 1.165) is 29.1 Å². The van der Waals surface area contributed by atoms with Gasteiger partial charge in [-0.25, -0.2) is 4.98 Å². The van der Waals surface area contributed by atoms with E-state index in [0.29, 0.717) is 34.3 Å². The number of carbonyl (C=O) groups is 1. The van der Waals surface area contributed by atoms with Crippen molar-refractivity contribution in [3.05, 3.63) is 107 Å². The Hall–Kier alpha value is -4.10. The number of aromatic nitrogens is 3. The van der Waals surface area contributed by atoms with Gasteiger partial charge in [-0.3, -0.25) is 4.79 Å². The Morgan fingerprint density at radius 1 is 1.03 bits per heavy atom. The third-order valence-corrected chi connectivity index (χ3v) is 7.00. The molecule has 1 amide bonds. The zero-order valence-electron chi connectivity index (χ0n) is 19.9. The van der Waals surface area contributed by atoms with Crippen molar-refractivity contribution in [1.82, 2.24) is 14.6 Å². The molecule has 2 heterocycles. The Kier molecular flexibility index (Phi) is 6.14. The van der Waals surface area contributed by atoms with Crippen LogP contribution in [-0.4, -0.2) is 28.4 Å². The fourth-order valence-corrected chi connectivity index (χ4v) is 4.89. The van der Waals surface area contributed by atoms with Gasteiger partial charge in [0.25, 0.3) is 0 Å². The molecule has 2 N–H and O–H groups in total. The maximum atomic E-state index is 12.8. The number of nitrogens with one attached hydrogen (secondary N) is 2. The maximum Gasteiger partial charge on any atom is 0.228 e. The molecular formula is C29H23BClN5O. The normalized spacial score (nSPS) is 16.5. The molecule has 8 heteroatoms. The molecule has 2 atom stereocenters. The second-order valence-corrected chi connectivity index (χ2v) is 9.65. The van der Waals surface area contributed by atoms with Crippen molar-refractivity contribution in [2.75, 3.05) is 10.6 Å². The summed E-state index contributed by atoms with van der Waals surface area (Å²) >= 11 is 6.43. The SMILES string of the molecule is [B]c1cnn2c(NCc3cccc(NC(=O)[C@@H]4C[C@H]4c4ccccc4)c3)cc(-c3ccccc3Cl)nc12. The third kappa shape index (κ3) is 4.82. The van der Waals surface area contributed by atoms with Gasteiger partial charge >= 0.3 is 0 Å². The van der Waals surface area contributed by atoms with Crippen molar-refractivity contribution in [2.45, 2.75) is 18.9 Å². The predicted molar refractivity (Wildman–Crippen MR) is 149 cm³/mol. The maximum absolute atomic E-state index is 12.8. The lowest BCUT2D eigenvalue weighted by Crippen LogP contribution is -2.15. The average Bonchev–Trinajstić information content (AvgIpc) is 3.65. The summed E-state index contributed by atoms with van der Waals surface area (Å²) in [5.41, 5.74) is 5.56. The minimum Gasteiger partial charge on any atom is -0.366 e. The van der Waals surface area contributed by atoms with Gasteiger partial charge in [0.1, 0.15) is 13.7 Å². The van der Waals surface area contributed by atoms with Crippen molar-refractivity contribution >= 4 is 48.0 Å². The van der Waals surface area contributed by atoms with Crippen LogP contribution in [-0.2, 0) is 11.3 Å². The number of anilines is 2. The van der Waals surface area contributed by atoms with Gasteiger partial charge in [-0.2, -0.15) is 9.61 Å². The smallest absolute Gasteiger partial charge is 0.228 e. The van der Waals surface area contributed by atoms with Crippen molar-refractivity contribution in [2.24, 2.45) is 5.92 Å². The Bertz CT molecular complexity index is 1600. The van der Waals surface area contributed by atoms with E-state index in [1.54, 1.807) is 10.7 Å². The lowest BCUT2D eigenvalue weighted by Gasteiger charge is -2.13. The van der Waals surface area contributed by atoms with Crippen molar-refractivity contribution in [3.8, 4) is 11.3 Å². The van der Waals surface area contributed by atoms with Crippen LogP contribution in [0.2, 0.25) is 5.02 Å². The van der Waals surface area contributed by atoms with E-state index in [-0.39, 0.29) is 11.8 Å². The molecule has 0 bridgehead atoms. The van der Waals surface area contributed by atoms with E-state index in [2.05, 4.69) is 32.8 Å². The standard InChI is InChI=1S/C29H23BClN5O/c30-24-17-33-36-27(15-26(35-28(24)36)21-11-4-5-12-25(21)31)32-16-18-7-6-10-20(13-18)34-29(37)23-14-22(23)19-8-2-1-3-9-19/h1-13,15,17,22-23,32H,14,16H2,(H,34,37)/t22-,23+/m0/s1. The molecule has 0 unspecified atom stereocenters. The summed E-state index contributed by atoms with van der Waals surface area (Å²) in [4.78, 5) is 17.5. The van der Waals surface area contributed by atoms with Crippen LogP contribution in [0.1, 0.15) is 23.5 Å². The van der Waals surface area contributed by atoms with Gasteiger partial charge < -0.3 is 10.6 Å². The Labute approximate surface area is 221 Å².